The Morgan fingerprint density at radius 2 is 1.91 bits per heavy atom. The van der Waals surface area contributed by atoms with Crippen LogP contribution in [0.15, 0.2) is 42.5 Å². The lowest BCUT2D eigenvalue weighted by atomic mass is 9.71. The van der Waals surface area contributed by atoms with E-state index in [-0.39, 0.29) is 11.9 Å². The quantitative estimate of drug-likeness (QED) is 0.395. The van der Waals surface area contributed by atoms with Crippen LogP contribution in [0.5, 0.6) is 0 Å². The fourth-order valence-electron chi connectivity index (χ4n) is 5.06. The number of carbonyl (C=O) groups is 1. The number of aryl methyl sites for hydroxylation is 1. The highest BCUT2D eigenvalue weighted by atomic mass is 32.1. The number of nitrogens with zero attached hydrogens (tertiary/aromatic N) is 2. The number of nitrogens with one attached hydrogen (secondary N) is 1. The summed E-state index contributed by atoms with van der Waals surface area (Å²) in [5.74, 6) is 0.681. The third-order valence-corrected chi connectivity index (χ3v) is 8.50. The molecule has 1 N–H and O–H groups in total. The molecule has 1 aromatic carbocycles. The van der Waals surface area contributed by atoms with Gasteiger partial charge in [0.15, 0.2) is 0 Å². The van der Waals surface area contributed by atoms with Crippen LogP contribution in [0.25, 0.3) is 10.2 Å². The fraction of sp³-hybridized carbons (Fsp3) is 0.517. The summed E-state index contributed by atoms with van der Waals surface area (Å²) in [6.45, 7) is 14.4. The van der Waals surface area contributed by atoms with Crippen molar-refractivity contribution in [2.75, 3.05) is 19.6 Å². The zero-order valence-electron chi connectivity index (χ0n) is 21.4. The SMILES string of the molecule is CCN(CC)CCC(NC(=O)c1cc2cc3c(nc2s1)CC[C@H](C(C)(C)C)C3)c1ccccc1. The highest BCUT2D eigenvalue weighted by molar-refractivity contribution is 7.20. The number of aromatic nitrogens is 1. The summed E-state index contributed by atoms with van der Waals surface area (Å²) in [6.07, 6.45) is 4.21. The van der Waals surface area contributed by atoms with Crippen LogP contribution >= 0.6 is 11.3 Å². The summed E-state index contributed by atoms with van der Waals surface area (Å²) in [5.41, 5.74) is 4.06. The van der Waals surface area contributed by atoms with Crippen LogP contribution in [0.3, 0.4) is 0 Å². The Hall–Kier alpha value is -2.24. The Bertz CT molecular complexity index is 1110. The van der Waals surface area contributed by atoms with Crippen LogP contribution < -0.4 is 5.32 Å². The normalized spacial score (nSPS) is 17.1. The topological polar surface area (TPSA) is 45.2 Å². The largest absolute Gasteiger partial charge is 0.344 e. The number of fused-ring (bicyclic) bond motifs is 2. The molecular formula is C29H39N3OS. The Kier molecular flexibility index (Phi) is 7.73. The van der Waals surface area contributed by atoms with Crippen molar-refractivity contribution < 1.29 is 4.79 Å². The minimum atomic E-state index is -0.00628. The van der Waals surface area contributed by atoms with Crippen molar-refractivity contribution in [2.45, 2.75) is 66.3 Å². The predicted molar refractivity (Wildman–Crippen MR) is 144 cm³/mol. The number of pyridine rings is 1. The molecule has 2 heterocycles. The van der Waals surface area contributed by atoms with Crippen molar-refractivity contribution in [1.29, 1.82) is 0 Å². The number of thiophene rings is 1. The van der Waals surface area contributed by atoms with Crippen LogP contribution in [-0.4, -0.2) is 35.4 Å². The van der Waals surface area contributed by atoms with Crippen molar-refractivity contribution in [3.8, 4) is 0 Å². The first-order valence-electron chi connectivity index (χ1n) is 12.8. The van der Waals surface area contributed by atoms with E-state index in [0.717, 1.165) is 59.6 Å². The van der Waals surface area contributed by atoms with Gasteiger partial charge in [-0.1, -0.05) is 65.0 Å². The molecule has 1 unspecified atom stereocenters. The van der Waals surface area contributed by atoms with Gasteiger partial charge in [0.25, 0.3) is 5.91 Å². The van der Waals surface area contributed by atoms with E-state index in [1.807, 2.05) is 24.3 Å². The lowest BCUT2D eigenvalue weighted by molar-refractivity contribution is 0.0936. The second-order valence-corrected chi connectivity index (χ2v) is 11.7. The van der Waals surface area contributed by atoms with E-state index < -0.39 is 0 Å². The van der Waals surface area contributed by atoms with Crippen molar-refractivity contribution in [2.24, 2.45) is 11.3 Å². The molecule has 3 aromatic rings. The van der Waals surface area contributed by atoms with Gasteiger partial charge in [0.05, 0.1) is 10.9 Å². The van der Waals surface area contributed by atoms with E-state index in [9.17, 15) is 4.79 Å². The molecule has 1 aliphatic carbocycles. The van der Waals surface area contributed by atoms with Crippen LogP contribution in [0.2, 0.25) is 0 Å². The van der Waals surface area contributed by atoms with Gasteiger partial charge in [0, 0.05) is 17.6 Å². The minimum absolute atomic E-state index is 0.00180. The molecule has 4 rings (SSSR count). The van der Waals surface area contributed by atoms with Gasteiger partial charge in [0.2, 0.25) is 0 Å². The third-order valence-electron chi connectivity index (χ3n) is 7.46. The average molecular weight is 478 g/mol. The van der Waals surface area contributed by atoms with Crippen molar-refractivity contribution in [3.05, 3.63) is 64.2 Å². The van der Waals surface area contributed by atoms with Gasteiger partial charge in [-0.2, -0.15) is 0 Å². The summed E-state index contributed by atoms with van der Waals surface area (Å²) < 4.78 is 0. The first-order valence-corrected chi connectivity index (χ1v) is 13.6. The smallest absolute Gasteiger partial charge is 0.261 e. The maximum absolute atomic E-state index is 13.3. The van der Waals surface area contributed by atoms with Crippen LogP contribution in [0, 0.1) is 11.3 Å². The number of amides is 1. The summed E-state index contributed by atoms with van der Waals surface area (Å²) in [4.78, 5) is 22.5. The predicted octanol–water partition coefficient (Wildman–Crippen LogP) is 6.65. The maximum Gasteiger partial charge on any atom is 0.261 e. The molecule has 182 valence electrons. The zero-order chi connectivity index (χ0) is 24.3. The van der Waals surface area contributed by atoms with Gasteiger partial charge in [0.1, 0.15) is 4.83 Å². The van der Waals surface area contributed by atoms with E-state index in [1.165, 1.54) is 29.0 Å². The fourth-order valence-corrected chi connectivity index (χ4v) is 6.00. The van der Waals surface area contributed by atoms with Crippen molar-refractivity contribution in [1.82, 2.24) is 15.2 Å². The molecule has 4 nitrogen and oxygen atoms in total. The standard InChI is InChI=1S/C29H39N3OS/c1-6-32(7-2)16-15-25(20-11-9-8-10-12-20)30-27(33)26-19-22-17-21-18-23(29(3,4)5)13-14-24(21)31-28(22)34-26/h8-12,17,19,23,25H,6-7,13-16,18H2,1-5H3,(H,30,33)/t23-,25?/m0/s1. The van der Waals surface area contributed by atoms with Crippen LogP contribution in [0.1, 0.15) is 80.0 Å². The van der Waals surface area contributed by atoms with Crippen molar-refractivity contribution in [3.63, 3.8) is 0 Å². The molecule has 2 aromatic heterocycles. The van der Waals surface area contributed by atoms with E-state index in [2.05, 4.69) is 63.0 Å². The van der Waals surface area contributed by atoms with E-state index in [4.69, 9.17) is 4.98 Å². The third kappa shape index (κ3) is 5.69. The molecular weight excluding hydrogens is 438 g/mol. The molecule has 0 bridgehead atoms. The second-order valence-electron chi connectivity index (χ2n) is 10.7. The Morgan fingerprint density at radius 1 is 1.18 bits per heavy atom. The molecule has 2 atom stereocenters. The molecule has 0 saturated heterocycles. The lowest BCUT2D eigenvalue weighted by Crippen LogP contribution is -2.32. The Labute approximate surface area is 208 Å². The van der Waals surface area contributed by atoms with Gasteiger partial charge in [-0.15, -0.1) is 11.3 Å². The average Bonchev–Trinajstić information content (AvgIpc) is 3.25. The number of rotatable bonds is 8. The highest BCUT2D eigenvalue weighted by Gasteiger charge is 2.30. The molecule has 0 spiro atoms. The van der Waals surface area contributed by atoms with Crippen LogP contribution in [-0.2, 0) is 12.8 Å². The molecule has 1 aliphatic rings. The number of carbonyl (C=O) groups excluding carboxylic acids is 1. The molecule has 1 amide bonds. The van der Waals surface area contributed by atoms with Gasteiger partial charge in [-0.25, -0.2) is 4.98 Å². The summed E-state index contributed by atoms with van der Waals surface area (Å²) in [5, 5.41) is 4.43. The molecule has 0 fully saturated rings. The first-order chi connectivity index (χ1) is 16.3. The monoisotopic (exact) mass is 477 g/mol. The number of benzene rings is 1. The maximum atomic E-state index is 13.3. The molecule has 34 heavy (non-hydrogen) atoms. The molecule has 0 saturated carbocycles. The Balaban J connectivity index is 1.54. The first kappa shape index (κ1) is 24.9. The molecule has 0 radical (unpaired) electrons. The minimum Gasteiger partial charge on any atom is -0.344 e. The second kappa shape index (κ2) is 10.6. The summed E-state index contributed by atoms with van der Waals surface area (Å²) in [7, 11) is 0. The van der Waals surface area contributed by atoms with E-state index >= 15 is 0 Å². The lowest BCUT2D eigenvalue weighted by Gasteiger charge is -2.34. The van der Waals surface area contributed by atoms with Crippen molar-refractivity contribution >= 4 is 27.5 Å². The van der Waals surface area contributed by atoms with Gasteiger partial charge in [-0.05, 0) is 73.4 Å². The highest BCUT2D eigenvalue weighted by Crippen LogP contribution is 2.38. The number of hydrogen-bond donors (Lipinski definition) is 1. The van der Waals surface area contributed by atoms with Gasteiger partial charge in [-0.3, -0.25) is 4.79 Å². The number of hydrogen-bond acceptors (Lipinski definition) is 4. The van der Waals surface area contributed by atoms with Gasteiger partial charge < -0.3 is 10.2 Å². The van der Waals surface area contributed by atoms with Gasteiger partial charge >= 0.3 is 0 Å². The molecule has 5 heteroatoms. The summed E-state index contributed by atoms with van der Waals surface area (Å²) >= 11 is 1.52. The van der Waals surface area contributed by atoms with E-state index in [0.29, 0.717) is 11.3 Å². The van der Waals surface area contributed by atoms with Crippen LogP contribution in [0.4, 0.5) is 0 Å². The zero-order valence-corrected chi connectivity index (χ0v) is 22.2. The Morgan fingerprint density at radius 3 is 2.59 bits per heavy atom. The van der Waals surface area contributed by atoms with E-state index in [1.54, 1.807) is 0 Å². The molecule has 0 aliphatic heterocycles. The summed E-state index contributed by atoms with van der Waals surface area (Å²) in [6, 6.07) is 14.7.